The first kappa shape index (κ1) is 23.5. The quantitative estimate of drug-likeness (QED) is 0.231. The first-order chi connectivity index (χ1) is 10.8. The molecule has 0 bridgehead atoms. The average molecular weight is 449 g/mol. The molecule has 0 spiro atoms. The number of hydrogen-bond donors (Lipinski definition) is 7. The van der Waals surface area contributed by atoms with Gasteiger partial charge in [-0.3, -0.25) is 0 Å². The van der Waals surface area contributed by atoms with E-state index >= 15 is 0 Å². The lowest BCUT2D eigenvalue weighted by molar-refractivity contribution is 0.541. The van der Waals surface area contributed by atoms with E-state index in [1.54, 1.807) is 0 Å². The minimum atomic E-state index is 0.329. The molecule has 7 heteroatoms. The summed E-state index contributed by atoms with van der Waals surface area (Å²) in [5.74, 6) is 0. The standard InChI is InChI=1S/C16H32S7/c17-10-1-2-11(18)7-13(20)9-14(21)8-12(19)4-6-16(23)15(22)5-3-10/h10-23H,1-9H2/t10?,11-,12?,13?,14?,15?,16?/m0/s1. The maximum Gasteiger partial charge on any atom is 0.0134 e. The molecule has 1 saturated carbocycles. The third-order valence-corrected chi connectivity index (χ3v) is 8.27. The Kier molecular flexibility index (Phi) is 13.0. The lowest BCUT2D eigenvalue weighted by Crippen LogP contribution is -2.21. The summed E-state index contributed by atoms with van der Waals surface area (Å²) < 4.78 is 0. The van der Waals surface area contributed by atoms with Crippen LogP contribution in [0.4, 0.5) is 0 Å². The van der Waals surface area contributed by atoms with Gasteiger partial charge < -0.3 is 0 Å². The molecular formula is C16H32S7. The summed E-state index contributed by atoms with van der Waals surface area (Å²) in [4.78, 5) is 0. The Morgan fingerprint density at radius 1 is 0.348 bits per heavy atom. The Morgan fingerprint density at radius 3 is 1.13 bits per heavy atom. The summed E-state index contributed by atoms with van der Waals surface area (Å²) in [7, 11) is 0. The smallest absolute Gasteiger partial charge is 0.0134 e. The van der Waals surface area contributed by atoms with Crippen LogP contribution in [0.1, 0.15) is 57.8 Å². The molecule has 0 saturated heterocycles. The number of rotatable bonds is 0. The van der Waals surface area contributed by atoms with Crippen LogP contribution in [0.5, 0.6) is 0 Å². The van der Waals surface area contributed by atoms with Crippen molar-refractivity contribution in [1.29, 1.82) is 0 Å². The van der Waals surface area contributed by atoms with Crippen molar-refractivity contribution in [2.75, 3.05) is 0 Å². The van der Waals surface area contributed by atoms with E-state index in [0.717, 1.165) is 57.8 Å². The van der Waals surface area contributed by atoms with E-state index in [1.807, 2.05) is 0 Å². The molecule has 0 radical (unpaired) electrons. The molecule has 1 aliphatic rings. The Hall–Kier alpha value is 2.45. The molecule has 0 aromatic heterocycles. The lowest BCUT2D eigenvalue weighted by atomic mass is 9.99. The van der Waals surface area contributed by atoms with E-state index < -0.39 is 0 Å². The highest BCUT2D eigenvalue weighted by Crippen LogP contribution is 2.29. The number of thiol groups is 7. The SMILES string of the molecule is SC1CCC(S)C(S)CCC(S)CC(S)CC(S)C[C@@H](S)CC1. The van der Waals surface area contributed by atoms with Gasteiger partial charge in [0.05, 0.1) is 0 Å². The van der Waals surface area contributed by atoms with E-state index in [9.17, 15) is 0 Å². The van der Waals surface area contributed by atoms with Crippen molar-refractivity contribution in [1.82, 2.24) is 0 Å². The zero-order valence-corrected chi connectivity index (χ0v) is 19.8. The zero-order chi connectivity index (χ0) is 17.4. The zero-order valence-electron chi connectivity index (χ0n) is 13.5. The van der Waals surface area contributed by atoms with Crippen LogP contribution in [0.15, 0.2) is 0 Å². The van der Waals surface area contributed by atoms with Crippen LogP contribution in [0, 0.1) is 0 Å². The van der Waals surface area contributed by atoms with Crippen molar-refractivity contribution in [3.8, 4) is 0 Å². The molecule has 0 aliphatic heterocycles. The third kappa shape index (κ3) is 11.0. The molecular weight excluding hydrogens is 417 g/mol. The highest BCUT2D eigenvalue weighted by molar-refractivity contribution is 7.85. The minimum absolute atomic E-state index is 0.329. The molecule has 0 aromatic carbocycles. The van der Waals surface area contributed by atoms with Crippen LogP contribution in [0.2, 0.25) is 0 Å². The molecule has 23 heavy (non-hydrogen) atoms. The fraction of sp³-hybridized carbons (Fsp3) is 1.00. The first-order valence-electron chi connectivity index (χ1n) is 8.54. The Morgan fingerprint density at radius 2 is 0.652 bits per heavy atom. The monoisotopic (exact) mass is 448 g/mol. The van der Waals surface area contributed by atoms with E-state index in [1.165, 1.54) is 0 Å². The molecule has 6 unspecified atom stereocenters. The van der Waals surface area contributed by atoms with Gasteiger partial charge in [-0.05, 0) is 57.8 Å². The maximum atomic E-state index is 4.75. The Labute approximate surface area is 181 Å². The van der Waals surface area contributed by atoms with Crippen LogP contribution in [0.25, 0.3) is 0 Å². The van der Waals surface area contributed by atoms with Gasteiger partial charge in [0.1, 0.15) is 0 Å². The van der Waals surface area contributed by atoms with Gasteiger partial charge in [-0.25, -0.2) is 0 Å². The van der Waals surface area contributed by atoms with Gasteiger partial charge in [0.2, 0.25) is 0 Å². The minimum Gasteiger partial charge on any atom is -0.176 e. The van der Waals surface area contributed by atoms with Crippen molar-refractivity contribution in [3.05, 3.63) is 0 Å². The van der Waals surface area contributed by atoms with Crippen LogP contribution in [-0.4, -0.2) is 36.7 Å². The van der Waals surface area contributed by atoms with Gasteiger partial charge in [0, 0.05) is 36.7 Å². The molecule has 1 rings (SSSR count). The molecule has 0 aromatic rings. The Balaban J connectivity index is 2.60. The van der Waals surface area contributed by atoms with Crippen LogP contribution in [-0.2, 0) is 0 Å². The summed E-state index contributed by atoms with van der Waals surface area (Å²) >= 11 is 33.2. The molecule has 0 amide bonds. The second kappa shape index (κ2) is 12.8. The topological polar surface area (TPSA) is 0 Å². The molecule has 1 fully saturated rings. The summed E-state index contributed by atoms with van der Waals surface area (Å²) in [5, 5.41) is 2.60. The predicted octanol–water partition coefficient (Wildman–Crippen LogP) is 5.60. The van der Waals surface area contributed by atoms with Gasteiger partial charge in [-0.1, -0.05) is 0 Å². The van der Waals surface area contributed by atoms with Gasteiger partial charge in [0.15, 0.2) is 0 Å². The normalized spacial score (nSPS) is 43.2. The molecule has 0 N–H and O–H groups in total. The van der Waals surface area contributed by atoms with Crippen LogP contribution >= 0.6 is 88.4 Å². The number of hydrogen-bond acceptors (Lipinski definition) is 7. The van der Waals surface area contributed by atoms with Crippen molar-refractivity contribution in [2.24, 2.45) is 0 Å². The molecule has 7 atom stereocenters. The third-order valence-electron chi connectivity index (χ3n) is 4.50. The predicted molar refractivity (Wildman–Crippen MR) is 131 cm³/mol. The summed E-state index contributed by atoms with van der Waals surface area (Å²) in [6, 6.07) is 0. The molecule has 138 valence electrons. The van der Waals surface area contributed by atoms with Gasteiger partial charge >= 0.3 is 0 Å². The van der Waals surface area contributed by atoms with Crippen molar-refractivity contribution in [3.63, 3.8) is 0 Å². The molecule has 1 aliphatic carbocycles. The second-order valence-corrected chi connectivity index (χ2v) is 11.8. The second-order valence-electron chi connectivity index (χ2n) is 6.84. The van der Waals surface area contributed by atoms with Crippen molar-refractivity contribution < 1.29 is 0 Å². The Bertz CT molecular complexity index is 315. The van der Waals surface area contributed by atoms with Gasteiger partial charge in [0.25, 0.3) is 0 Å². The highest BCUT2D eigenvalue weighted by Gasteiger charge is 2.21. The first-order valence-corrected chi connectivity index (χ1v) is 12.2. The summed E-state index contributed by atoms with van der Waals surface area (Å²) in [6.07, 6.45) is 9.59. The fourth-order valence-electron chi connectivity index (χ4n) is 3.01. The van der Waals surface area contributed by atoms with Gasteiger partial charge in [-0.2, -0.15) is 88.4 Å². The maximum absolute atomic E-state index is 4.75. The van der Waals surface area contributed by atoms with Crippen LogP contribution < -0.4 is 0 Å². The summed E-state index contributed by atoms with van der Waals surface area (Å²) in [6.45, 7) is 0. The van der Waals surface area contributed by atoms with E-state index in [-0.39, 0.29) is 0 Å². The fourth-order valence-corrected chi connectivity index (χ4v) is 6.23. The van der Waals surface area contributed by atoms with E-state index in [4.69, 9.17) is 88.4 Å². The largest absolute Gasteiger partial charge is 0.176 e. The van der Waals surface area contributed by atoms with E-state index in [0.29, 0.717) is 36.7 Å². The highest BCUT2D eigenvalue weighted by atomic mass is 32.1. The lowest BCUT2D eigenvalue weighted by Gasteiger charge is -2.25. The average Bonchev–Trinajstić information content (AvgIpc) is 2.46. The van der Waals surface area contributed by atoms with Crippen molar-refractivity contribution in [2.45, 2.75) is 94.5 Å². The van der Waals surface area contributed by atoms with Crippen molar-refractivity contribution >= 4 is 88.4 Å². The van der Waals surface area contributed by atoms with E-state index in [2.05, 4.69) is 0 Å². The molecule has 0 nitrogen and oxygen atoms in total. The van der Waals surface area contributed by atoms with Gasteiger partial charge in [-0.15, -0.1) is 0 Å². The summed E-state index contributed by atoms with van der Waals surface area (Å²) in [5.41, 5.74) is 0. The van der Waals surface area contributed by atoms with Crippen LogP contribution in [0.3, 0.4) is 0 Å². The molecule has 0 heterocycles.